The van der Waals surface area contributed by atoms with E-state index in [1.807, 2.05) is 6.07 Å². The second-order valence-electron chi connectivity index (χ2n) is 4.91. The van der Waals surface area contributed by atoms with Gasteiger partial charge in [-0.1, -0.05) is 6.92 Å². The van der Waals surface area contributed by atoms with Gasteiger partial charge in [-0.25, -0.2) is 0 Å². The first kappa shape index (κ1) is 12.6. The van der Waals surface area contributed by atoms with Gasteiger partial charge in [-0.15, -0.1) is 0 Å². The number of benzene rings is 1. The van der Waals surface area contributed by atoms with Crippen LogP contribution in [0.25, 0.3) is 0 Å². The topological polar surface area (TPSA) is 43.0 Å². The highest BCUT2D eigenvalue weighted by atomic mass is 16.7. The minimum absolute atomic E-state index is 0.277. The summed E-state index contributed by atoms with van der Waals surface area (Å²) in [5, 5.41) is 3.31. The van der Waals surface area contributed by atoms with Gasteiger partial charge in [-0.3, -0.25) is 4.90 Å². The predicted octanol–water partition coefficient (Wildman–Crippen LogP) is 1.22. The molecular weight excluding hydrogens is 244 g/mol. The summed E-state index contributed by atoms with van der Waals surface area (Å²) < 4.78 is 16.3. The third kappa shape index (κ3) is 2.35. The van der Waals surface area contributed by atoms with Gasteiger partial charge in [-0.2, -0.15) is 0 Å². The lowest BCUT2D eigenvalue weighted by Crippen LogP contribution is -2.56. The highest BCUT2D eigenvalue weighted by molar-refractivity contribution is 5.55. The molecule has 5 heteroatoms. The zero-order valence-corrected chi connectivity index (χ0v) is 11.4. The molecule has 0 amide bonds. The molecule has 2 heterocycles. The summed E-state index contributed by atoms with van der Waals surface area (Å²) >= 11 is 0. The van der Waals surface area contributed by atoms with Crippen molar-refractivity contribution in [1.82, 2.24) is 10.2 Å². The number of fused-ring (bicyclic) bond motifs is 1. The smallest absolute Gasteiger partial charge is 0.231 e. The molecule has 2 aliphatic heterocycles. The highest BCUT2D eigenvalue weighted by Gasteiger charge is 2.25. The predicted molar refractivity (Wildman–Crippen MR) is 71.9 cm³/mol. The van der Waals surface area contributed by atoms with Crippen molar-refractivity contribution in [3.63, 3.8) is 0 Å². The van der Waals surface area contributed by atoms with Crippen LogP contribution in [-0.4, -0.2) is 44.5 Å². The molecule has 19 heavy (non-hydrogen) atoms. The van der Waals surface area contributed by atoms with Gasteiger partial charge in [0.2, 0.25) is 12.5 Å². The summed E-state index contributed by atoms with van der Waals surface area (Å²) in [5.74, 6) is 2.27. The molecule has 3 rings (SSSR count). The molecule has 0 aromatic heterocycles. The summed E-state index contributed by atoms with van der Waals surface area (Å²) in [6, 6.07) is 4.74. The van der Waals surface area contributed by atoms with Crippen LogP contribution in [0.4, 0.5) is 0 Å². The number of rotatable bonds is 5. The monoisotopic (exact) mass is 264 g/mol. The molecule has 0 saturated carbocycles. The average molecular weight is 264 g/mol. The molecule has 104 valence electrons. The number of hydrogen-bond donors (Lipinski definition) is 1. The van der Waals surface area contributed by atoms with Crippen LogP contribution in [0.15, 0.2) is 12.1 Å². The third-order valence-corrected chi connectivity index (χ3v) is 3.79. The van der Waals surface area contributed by atoms with E-state index in [1.165, 1.54) is 5.56 Å². The zero-order valence-electron chi connectivity index (χ0n) is 11.4. The lowest BCUT2D eigenvalue weighted by molar-refractivity contribution is 0.145. The summed E-state index contributed by atoms with van der Waals surface area (Å²) in [7, 11) is 1.66. The van der Waals surface area contributed by atoms with Gasteiger partial charge >= 0.3 is 0 Å². The lowest BCUT2D eigenvalue weighted by Gasteiger charge is -2.37. The van der Waals surface area contributed by atoms with Gasteiger partial charge < -0.3 is 19.5 Å². The second-order valence-corrected chi connectivity index (χ2v) is 4.91. The van der Waals surface area contributed by atoms with Gasteiger partial charge in [0.25, 0.3) is 0 Å². The molecule has 1 N–H and O–H groups in total. The van der Waals surface area contributed by atoms with Crippen LogP contribution in [0, 0.1) is 0 Å². The van der Waals surface area contributed by atoms with Crippen LogP contribution in [0.2, 0.25) is 0 Å². The summed E-state index contributed by atoms with van der Waals surface area (Å²) in [6.45, 7) is 6.59. The molecule has 0 atom stereocenters. The van der Waals surface area contributed by atoms with E-state index in [0.717, 1.165) is 43.4 Å². The first-order valence-electron chi connectivity index (χ1n) is 6.73. The fourth-order valence-electron chi connectivity index (χ4n) is 2.54. The molecule has 0 aliphatic carbocycles. The molecule has 0 bridgehead atoms. The fourth-order valence-corrected chi connectivity index (χ4v) is 2.54. The van der Waals surface area contributed by atoms with Crippen LogP contribution in [-0.2, 0) is 6.54 Å². The van der Waals surface area contributed by atoms with Crippen LogP contribution < -0.4 is 19.5 Å². The molecule has 0 radical (unpaired) electrons. The number of nitrogens with one attached hydrogen (secondary N) is 1. The van der Waals surface area contributed by atoms with Crippen molar-refractivity contribution in [2.75, 3.05) is 33.5 Å². The largest absolute Gasteiger partial charge is 0.493 e. The van der Waals surface area contributed by atoms with Crippen molar-refractivity contribution in [3.05, 3.63) is 17.7 Å². The third-order valence-electron chi connectivity index (χ3n) is 3.79. The Labute approximate surface area is 113 Å². The maximum atomic E-state index is 5.46. The van der Waals surface area contributed by atoms with Crippen LogP contribution in [0.3, 0.4) is 0 Å². The minimum atomic E-state index is 0.277. The van der Waals surface area contributed by atoms with Gasteiger partial charge in [0, 0.05) is 25.7 Å². The van der Waals surface area contributed by atoms with E-state index in [4.69, 9.17) is 14.2 Å². The van der Waals surface area contributed by atoms with Crippen molar-refractivity contribution in [1.29, 1.82) is 0 Å². The Kier molecular flexibility index (Phi) is 3.48. The van der Waals surface area contributed by atoms with E-state index in [1.54, 1.807) is 7.11 Å². The van der Waals surface area contributed by atoms with Gasteiger partial charge in [0.1, 0.15) is 0 Å². The Morgan fingerprint density at radius 1 is 1.37 bits per heavy atom. The van der Waals surface area contributed by atoms with Crippen molar-refractivity contribution in [2.24, 2.45) is 0 Å². The average Bonchev–Trinajstić information content (AvgIpc) is 2.82. The molecule has 1 aromatic carbocycles. The maximum Gasteiger partial charge on any atom is 0.231 e. The van der Waals surface area contributed by atoms with Crippen molar-refractivity contribution in [2.45, 2.75) is 19.5 Å². The van der Waals surface area contributed by atoms with Crippen molar-refractivity contribution < 1.29 is 14.2 Å². The van der Waals surface area contributed by atoms with Crippen molar-refractivity contribution >= 4 is 0 Å². The number of ether oxygens (including phenoxy) is 3. The fraction of sp³-hybridized carbons (Fsp3) is 0.571. The second kappa shape index (κ2) is 5.27. The van der Waals surface area contributed by atoms with Gasteiger partial charge in [0.15, 0.2) is 11.5 Å². The van der Waals surface area contributed by atoms with Crippen LogP contribution in [0.5, 0.6) is 17.2 Å². The molecule has 1 fully saturated rings. The van der Waals surface area contributed by atoms with E-state index < -0.39 is 0 Å². The molecule has 5 nitrogen and oxygen atoms in total. The first-order valence-corrected chi connectivity index (χ1v) is 6.73. The van der Waals surface area contributed by atoms with Gasteiger partial charge in [0.05, 0.1) is 7.11 Å². The van der Waals surface area contributed by atoms with E-state index in [9.17, 15) is 0 Å². The number of nitrogens with zero attached hydrogens (tertiary/aromatic N) is 1. The Hall–Kier alpha value is -1.46. The Morgan fingerprint density at radius 2 is 2.21 bits per heavy atom. The summed E-state index contributed by atoms with van der Waals surface area (Å²) in [4.78, 5) is 2.47. The zero-order chi connectivity index (χ0) is 13.2. The Bertz CT molecular complexity index is 460. The Morgan fingerprint density at radius 3 is 2.84 bits per heavy atom. The van der Waals surface area contributed by atoms with E-state index >= 15 is 0 Å². The molecule has 0 spiro atoms. The number of methoxy groups -OCH3 is 1. The molecular formula is C14H20N2O3. The maximum absolute atomic E-state index is 5.46. The molecule has 2 aliphatic rings. The summed E-state index contributed by atoms with van der Waals surface area (Å²) in [5.41, 5.74) is 1.20. The lowest BCUT2D eigenvalue weighted by atomic mass is 10.1. The van der Waals surface area contributed by atoms with Crippen molar-refractivity contribution in [3.8, 4) is 17.2 Å². The first-order chi connectivity index (χ1) is 9.31. The SMILES string of the molecule is CCN(Cc1cc(OC)c2c(c1)OCO2)C1CNC1. The van der Waals surface area contributed by atoms with Gasteiger partial charge in [-0.05, 0) is 24.2 Å². The quantitative estimate of drug-likeness (QED) is 0.866. The van der Waals surface area contributed by atoms with E-state index in [-0.39, 0.29) is 6.79 Å². The normalized spacial score (nSPS) is 17.6. The van der Waals surface area contributed by atoms with E-state index in [0.29, 0.717) is 6.04 Å². The highest BCUT2D eigenvalue weighted by Crippen LogP contribution is 2.42. The number of hydrogen-bond acceptors (Lipinski definition) is 5. The molecule has 1 saturated heterocycles. The Balaban J connectivity index is 1.80. The van der Waals surface area contributed by atoms with Crippen LogP contribution in [0.1, 0.15) is 12.5 Å². The molecule has 1 aromatic rings. The van der Waals surface area contributed by atoms with Crippen LogP contribution >= 0.6 is 0 Å². The minimum Gasteiger partial charge on any atom is -0.493 e. The summed E-state index contributed by atoms with van der Waals surface area (Å²) in [6.07, 6.45) is 0. The molecule has 0 unspecified atom stereocenters. The van der Waals surface area contributed by atoms with E-state index in [2.05, 4.69) is 23.2 Å². The number of likely N-dealkylation sites (N-methyl/N-ethyl adjacent to an activating group) is 1. The standard InChI is InChI=1S/C14H20N2O3/c1-3-16(11-6-15-7-11)8-10-4-12(17-2)14-13(5-10)18-9-19-14/h4-5,11,15H,3,6-9H2,1-2H3.